The van der Waals surface area contributed by atoms with Gasteiger partial charge >= 0.3 is 0 Å². The van der Waals surface area contributed by atoms with E-state index in [1.807, 2.05) is 22.4 Å². The summed E-state index contributed by atoms with van der Waals surface area (Å²) in [7, 11) is 0. The van der Waals surface area contributed by atoms with Gasteiger partial charge in [0.15, 0.2) is 5.13 Å². The van der Waals surface area contributed by atoms with Crippen LogP contribution < -0.4 is 5.32 Å². The number of carbonyl (C=O) groups excluding carboxylic acids is 2. The van der Waals surface area contributed by atoms with Crippen molar-refractivity contribution in [2.24, 2.45) is 11.8 Å². The molecule has 1 aliphatic heterocycles. The van der Waals surface area contributed by atoms with Gasteiger partial charge in [-0.25, -0.2) is 4.98 Å². The molecule has 2 aromatic rings. The number of likely N-dealkylation sites (tertiary alicyclic amines) is 1. The first kappa shape index (κ1) is 17.7. The van der Waals surface area contributed by atoms with Crippen LogP contribution in [0.4, 0.5) is 5.13 Å². The van der Waals surface area contributed by atoms with Crippen LogP contribution in [0.2, 0.25) is 0 Å². The van der Waals surface area contributed by atoms with Crippen molar-refractivity contribution in [3.63, 3.8) is 0 Å². The van der Waals surface area contributed by atoms with Gasteiger partial charge in [-0.3, -0.25) is 9.59 Å². The predicted molar refractivity (Wildman–Crippen MR) is 105 cm³/mol. The van der Waals surface area contributed by atoms with Crippen molar-refractivity contribution in [3.8, 4) is 0 Å². The lowest BCUT2D eigenvalue weighted by Gasteiger charge is -2.31. The zero-order valence-electron chi connectivity index (χ0n) is 14.9. The lowest BCUT2D eigenvalue weighted by Crippen LogP contribution is -2.43. The van der Waals surface area contributed by atoms with Crippen LogP contribution >= 0.6 is 22.7 Å². The number of anilines is 1. The summed E-state index contributed by atoms with van der Waals surface area (Å²) in [6.07, 6.45) is 4.93. The summed E-state index contributed by atoms with van der Waals surface area (Å²) in [6.45, 7) is 3.48. The van der Waals surface area contributed by atoms with Crippen LogP contribution in [0.5, 0.6) is 0 Å². The molecular weight excluding hydrogens is 366 g/mol. The molecule has 0 radical (unpaired) electrons. The fraction of sp³-hybridized carbons (Fsp3) is 0.526. The number of rotatable bonds is 3. The minimum absolute atomic E-state index is 0.00664. The van der Waals surface area contributed by atoms with E-state index in [0.29, 0.717) is 12.5 Å². The quantitative estimate of drug-likeness (QED) is 0.868. The third kappa shape index (κ3) is 3.69. The Balaban J connectivity index is 1.39. The lowest BCUT2D eigenvalue weighted by molar-refractivity contribution is -0.121. The maximum Gasteiger partial charge on any atom is 0.263 e. The number of fused-ring (bicyclic) bond motifs is 1. The number of hydrogen-bond donors (Lipinski definition) is 1. The molecule has 1 fully saturated rings. The molecule has 2 aliphatic rings. The van der Waals surface area contributed by atoms with E-state index in [9.17, 15) is 9.59 Å². The Hall–Kier alpha value is -1.73. The molecule has 1 saturated heterocycles. The largest absolute Gasteiger partial charge is 0.337 e. The predicted octanol–water partition coefficient (Wildman–Crippen LogP) is 3.82. The van der Waals surface area contributed by atoms with Gasteiger partial charge in [0.25, 0.3) is 5.91 Å². The van der Waals surface area contributed by atoms with Gasteiger partial charge in [0, 0.05) is 18.0 Å². The number of nitrogens with one attached hydrogen (secondary N) is 1. The van der Waals surface area contributed by atoms with Gasteiger partial charge < -0.3 is 10.2 Å². The molecule has 1 aliphatic carbocycles. The Morgan fingerprint density at radius 1 is 1.35 bits per heavy atom. The minimum atomic E-state index is -0.160. The topological polar surface area (TPSA) is 62.3 Å². The number of aromatic nitrogens is 1. The van der Waals surface area contributed by atoms with Crippen molar-refractivity contribution in [1.82, 2.24) is 9.88 Å². The van der Waals surface area contributed by atoms with E-state index in [0.717, 1.165) is 47.9 Å². The second kappa shape index (κ2) is 7.48. The number of aryl methyl sites for hydroxylation is 1. The molecule has 26 heavy (non-hydrogen) atoms. The second-order valence-corrected chi connectivity index (χ2v) is 9.33. The first-order valence-electron chi connectivity index (χ1n) is 9.22. The Kier molecular flexibility index (Phi) is 5.09. The van der Waals surface area contributed by atoms with Gasteiger partial charge in [-0.2, -0.15) is 0 Å². The molecule has 3 heterocycles. The van der Waals surface area contributed by atoms with E-state index in [-0.39, 0.29) is 17.7 Å². The van der Waals surface area contributed by atoms with E-state index >= 15 is 0 Å². The highest BCUT2D eigenvalue weighted by atomic mass is 32.1. The Bertz CT molecular complexity index is 800. The fourth-order valence-electron chi connectivity index (χ4n) is 3.73. The molecule has 0 saturated carbocycles. The number of thiophene rings is 1. The van der Waals surface area contributed by atoms with Crippen molar-refractivity contribution in [2.45, 2.75) is 39.0 Å². The van der Waals surface area contributed by atoms with Crippen molar-refractivity contribution < 1.29 is 9.59 Å². The molecule has 0 spiro atoms. The standard InChI is InChI=1S/C19H23N3O2S2/c1-12-6-7-14-16(10-12)26-19(20-14)21-17(23)13-4-2-8-22(11-13)18(24)15-5-3-9-25-15/h3,5,9,12-13H,2,4,6-8,10-11H2,1H3,(H,20,21,23)/t12-,13-/m0/s1. The van der Waals surface area contributed by atoms with Crippen molar-refractivity contribution in [3.05, 3.63) is 33.0 Å². The van der Waals surface area contributed by atoms with Gasteiger partial charge in [-0.1, -0.05) is 13.0 Å². The number of carbonyl (C=O) groups is 2. The summed E-state index contributed by atoms with van der Waals surface area (Å²) in [4.78, 5) is 33.8. The molecule has 0 aromatic carbocycles. The summed E-state index contributed by atoms with van der Waals surface area (Å²) >= 11 is 3.07. The maximum atomic E-state index is 12.7. The minimum Gasteiger partial charge on any atom is -0.337 e. The fourth-order valence-corrected chi connectivity index (χ4v) is 5.60. The molecule has 0 unspecified atom stereocenters. The molecule has 2 amide bonds. The summed E-state index contributed by atoms with van der Waals surface area (Å²) in [6, 6.07) is 3.73. The maximum absolute atomic E-state index is 12.7. The van der Waals surface area contributed by atoms with Gasteiger partial charge in [0.1, 0.15) is 0 Å². The third-order valence-electron chi connectivity index (χ3n) is 5.23. The number of hydrogen-bond acceptors (Lipinski definition) is 5. The van der Waals surface area contributed by atoms with E-state index < -0.39 is 0 Å². The van der Waals surface area contributed by atoms with Gasteiger partial charge in [0.2, 0.25) is 5.91 Å². The normalized spacial score (nSPS) is 22.7. The van der Waals surface area contributed by atoms with Gasteiger partial charge in [-0.05, 0) is 49.5 Å². The number of piperidine rings is 1. The first-order chi connectivity index (χ1) is 12.6. The molecule has 2 atom stereocenters. The van der Waals surface area contributed by atoms with Crippen molar-refractivity contribution in [1.29, 1.82) is 0 Å². The lowest BCUT2D eigenvalue weighted by atomic mass is 9.93. The molecule has 7 heteroatoms. The Morgan fingerprint density at radius 3 is 3.04 bits per heavy atom. The zero-order valence-corrected chi connectivity index (χ0v) is 16.5. The van der Waals surface area contributed by atoms with Crippen LogP contribution in [-0.4, -0.2) is 34.8 Å². The van der Waals surface area contributed by atoms with Crippen LogP contribution in [0.1, 0.15) is 46.4 Å². The Labute approximate surface area is 161 Å². The third-order valence-corrected chi connectivity index (χ3v) is 7.12. The molecule has 2 aromatic heterocycles. The van der Waals surface area contributed by atoms with E-state index in [1.54, 1.807) is 11.3 Å². The molecule has 0 bridgehead atoms. The van der Waals surface area contributed by atoms with E-state index in [2.05, 4.69) is 17.2 Å². The number of nitrogens with zero attached hydrogens (tertiary/aromatic N) is 2. The highest BCUT2D eigenvalue weighted by molar-refractivity contribution is 7.15. The van der Waals surface area contributed by atoms with Crippen LogP contribution in [0, 0.1) is 11.8 Å². The average molecular weight is 390 g/mol. The van der Waals surface area contributed by atoms with Crippen molar-refractivity contribution in [2.75, 3.05) is 18.4 Å². The van der Waals surface area contributed by atoms with E-state index in [4.69, 9.17) is 0 Å². The molecule has 1 N–H and O–H groups in total. The first-order valence-corrected chi connectivity index (χ1v) is 10.9. The van der Waals surface area contributed by atoms with Crippen LogP contribution in [-0.2, 0) is 17.6 Å². The highest BCUT2D eigenvalue weighted by Crippen LogP contribution is 2.32. The number of amides is 2. The molecule has 138 valence electrons. The number of thiazole rings is 1. The van der Waals surface area contributed by atoms with Crippen LogP contribution in [0.25, 0.3) is 0 Å². The highest BCUT2D eigenvalue weighted by Gasteiger charge is 2.30. The van der Waals surface area contributed by atoms with Crippen molar-refractivity contribution >= 4 is 39.6 Å². The summed E-state index contributed by atoms with van der Waals surface area (Å²) < 4.78 is 0. The summed E-state index contributed by atoms with van der Waals surface area (Å²) in [5.74, 6) is 0.568. The van der Waals surface area contributed by atoms with E-state index in [1.165, 1.54) is 22.6 Å². The Morgan fingerprint density at radius 2 is 2.23 bits per heavy atom. The smallest absolute Gasteiger partial charge is 0.263 e. The van der Waals surface area contributed by atoms with Crippen LogP contribution in [0.3, 0.4) is 0 Å². The monoisotopic (exact) mass is 389 g/mol. The molecule has 4 rings (SSSR count). The SMILES string of the molecule is C[C@H]1CCc2nc(NC(=O)[C@H]3CCCN(C(=O)c4cccs4)C3)sc2C1. The zero-order chi connectivity index (χ0) is 18.1. The summed E-state index contributed by atoms with van der Waals surface area (Å²) in [5, 5.41) is 5.64. The average Bonchev–Trinajstić information content (AvgIpc) is 3.30. The molecule has 5 nitrogen and oxygen atoms in total. The van der Waals surface area contributed by atoms with Gasteiger partial charge in [0.05, 0.1) is 16.5 Å². The summed E-state index contributed by atoms with van der Waals surface area (Å²) in [5.41, 5.74) is 1.15. The second-order valence-electron chi connectivity index (χ2n) is 7.29. The molecular formula is C19H23N3O2S2. The van der Waals surface area contributed by atoms with Gasteiger partial charge in [-0.15, -0.1) is 22.7 Å². The van der Waals surface area contributed by atoms with Crippen LogP contribution in [0.15, 0.2) is 17.5 Å².